The van der Waals surface area contributed by atoms with Crippen molar-refractivity contribution in [3.8, 4) is 11.3 Å². The van der Waals surface area contributed by atoms with Gasteiger partial charge in [-0.3, -0.25) is 4.79 Å². The predicted molar refractivity (Wildman–Crippen MR) is 104 cm³/mol. The zero-order valence-corrected chi connectivity index (χ0v) is 15.8. The van der Waals surface area contributed by atoms with Crippen molar-refractivity contribution in [1.29, 1.82) is 0 Å². The molecule has 28 heavy (non-hydrogen) atoms. The molecule has 0 atom stereocenters. The van der Waals surface area contributed by atoms with Crippen LogP contribution in [-0.4, -0.2) is 24.9 Å². The van der Waals surface area contributed by atoms with Crippen molar-refractivity contribution in [2.45, 2.75) is 13.8 Å². The van der Waals surface area contributed by atoms with Crippen LogP contribution in [0.4, 0.5) is 20.2 Å². The van der Waals surface area contributed by atoms with E-state index in [2.05, 4.69) is 15.8 Å². The highest BCUT2D eigenvalue weighted by Crippen LogP contribution is 2.29. The number of carbonyl (C=O) groups excluding carboxylic acids is 2. The number of nitrogens with zero attached hydrogens (tertiary/aromatic N) is 1. The second-order valence-electron chi connectivity index (χ2n) is 5.38. The number of anilines is 2. The van der Waals surface area contributed by atoms with Crippen molar-refractivity contribution in [2.75, 3.05) is 17.7 Å². The zero-order valence-electron chi connectivity index (χ0n) is 15.8. The number of aromatic nitrogens is 1. The van der Waals surface area contributed by atoms with Gasteiger partial charge in [0.05, 0.1) is 5.69 Å². The number of carbonyl (C=O) groups is 2. The van der Waals surface area contributed by atoms with Crippen molar-refractivity contribution in [3.05, 3.63) is 65.9 Å². The van der Waals surface area contributed by atoms with Crippen LogP contribution < -0.4 is 10.6 Å². The van der Waals surface area contributed by atoms with Gasteiger partial charge in [0.2, 0.25) is 5.91 Å². The van der Waals surface area contributed by atoms with Crippen LogP contribution in [0, 0.1) is 18.6 Å². The average molecular weight is 389 g/mol. The second kappa shape index (κ2) is 11.2. The van der Waals surface area contributed by atoms with Crippen LogP contribution in [0.25, 0.3) is 11.3 Å². The highest BCUT2D eigenvalue weighted by Gasteiger charge is 2.15. The summed E-state index contributed by atoms with van der Waals surface area (Å²) < 4.78 is 29.9. The Morgan fingerprint density at radius 3 is 2.29 bits per heavy atom. The van der Waals surface area contributed by atoms with E-state index in [1.807, 2.05) is 37.1 Å². The zero-order chi connectivity index (χ0) is 21.1. The van der Waals surface area contributed by atoms with Gasteiger partial charge in [-0.05, 0) is 19.1 Å². The summed E-state index contributed by atoms with van der Waals surface area (Å²) in [5, 5.41) is 9.26. The Hall–Kier alpha value is -3.55. The Kier molecular flexibility index (Phi) is 9.02. The Labute approximate surface area is 161 Å². The molecule has 0 saturated heterocycles. The van der Waals surface area contributed by atoms with E-state index in [1.165, 1.54) is 19.1 Å². The fourth-order valence-electron chi connectivity index (χ4n) is 2.18. The number of benzene rings is 2. The molecule has 0 aliphatic rings. The molecule has 3 aromatic rings. The third kappa shape index (κ3) is 6.31. The summed E-state index contributed by atoms with van der Waals surface area (Å²) in [7, 11) is 1.58. The van der Waals surface area contributed by atoms with Crippen LogP contribution in [0.2, 0.25) is 0 Å². The van der Waals surface area contributed by atoms with Crippen molar-refractivity contribution in [2.24, 2.45) is 0 Å². The molecule has 0 bridgehead atoms. The lowest BCUT2D eigenvalue weighted by Crippen LogP contribution is -2.06. The van der Waals surface area contributed by atoms with E-state index in [9.17, 15) is 13.6 Å². The normalized spacial score (nSPS) is 9.32. The minimum absolute atomic E-state index is 0.136. The molecule has 0 unspecified atom stereocenters. The second-order valence-corrected chi connectivity index (χ2v) is 5.38. The van der Waals surface area contributed by atoms with Crippen molar-refractivity contribution < 1.29 is 22.9 Å². The molecule has 0 fully saturated rings. The number of halogens is 2. The molecule has 0 aliphatic heterocycles. The number of amides is 1. The van der Waals surface area contributed by atoms with Crippen molar-refractivity contribution in [3.63, 3.8) is 0 Å². The fraction of sp³-hybridized carbons (Fsp3) is 0.150. The van der Waals surface area contributed by atoms with Crippen molar-refractivity contribution in [1.82, 2.24) is 5.16 Å². The maximum atomic E-state index is 12.5. The summed E-state index contributed by atoms with van der Waals surface area (Å²) in [6.45, 7) is 5.23. The lowest BCUT2D eigenvalue weighted by molar-refractivity contribution is -0.114. The van der Waals surface area contributed by atoms with Gasteiger partial charge in [0.15, 0.2) is 5.76 Å². The first-order chi connectivity index (χ1) is 13.4. The average Bonchev–Trinajstić information content (AvgIpc) is 3.04. The van der Waals surface area contributed by atoms with E-state index in [4.69, 9.17) is 9.32 Å². The fourth-order valence-corrected chi connectivity index (χ4v) is 2.18. The van der Waals surface area contributed by atoms with Gasteiger partial charge in [0, 0.05) is 25.6 Å². The monoisotopic (exact) mass is 389 g/mol. The Morgan fingerprint density at radius 1 is 1.11 bits per heavy atom. The minimum Gasteiger partial charge on any atom is -0.386 e. The van der Waals surface area contributed by atoms with Crippen LogP contribution in [-0.2, 0) is 9.59 Å². The molecular weight excluding hydrogens is 368 g/mol. The van der Waals surface area contributed by atoms with E-state index in [0.29, 0.717) is 22.8 Å². The van der Waals surface area contributed by atoms with E-state index in [0.717, 1.165) is 11.6 Å². The molecule has 1 heterocycles. The van der Waals surface area contributed by atoms with Crippen LogP contribution >= 0.6 is 0 Å². The third-order valence-corrected chi connectivity index (χ3v) is 3.41. The maximum Gasteiger partial charge on any atom is 0.221 e. The molecule has 3 rings (SSSR count). The maximum absolute atomic E-state index is 12.5. The summed E-state index contributed by atoms with van der Waals surface area (Å²) in [6, 6.07) is 13.0. The summed E-state index contributed by atoms with van der Waals surface area (Å²) in [4.78, 5) is 19.1. The number of nitrogens with one attached hydrogen (secondary N) is 2. The molecule has 6 nitrogen and oxygen atoms in total. The first kappa shape index (κ1) is 22.5. The lowest BCUT2D eigenvalue weighted by Gasteiger charge is -2.02. The van der Waals surface area contributed by atoms with Gasteiger partial charge in [-0.2, -0.15) is 0 Å². The van der Waals surface area contributed by atoms with E-state index >= 15 is 0 Å². The molecule has 0 radical (unpaired) electrons. The van der Waals surface area contributed by atoms with Crippen LogP contribution in [0.5, 0.6) is 0 Å². The van der Waals surface area contributed by atoms with Gasteiger partial charge >= 0.3 is 0 Å². The van der Waals surface area contributed by atoms with Gasteiger partial charge in [-0.25, -0.2) is 8.78 Å². The highest BCUT2D eigenvalue weighted by atomic mass is 19.1. The quantitative estimate of drug-likeness (QED) is 0.692. The lowest BCUT2D eigenvalue weighted by atomic mass is 10.1. The molecule has 0 spiro atoms. The first-order valence-corrected chi connectivity index (χ1v) is 8.13. The Bertz CT molecular complexity index is 899. The predicted octanol–water partition coefficient (Wildman–Crippen LogP) is 4.43. The molecule has 0 aliphatic carbocycles. The summed E-state index contributed by atoms with van der Waals surface area (Å²) >= 11 is 0. The molecular formula is C20H21F2N3O3. The summed E-state index contributed by atoms with van der Waals surface area (Å²) in [6.07, 6.45) is 0. The largest absolute Gasteiger partial charge is 0.386 e. The van der Waals surface area contributed by atoms with Crippen LogP contribution in [0.15, 0.2) is 53.1 Å². The number of aryl methyl sites for hydroxylation is 1. The van der Waals surface area contributed by atoms with E-state index in [1.54, 1.807) is 14.0 Å². The molecule has 0 saturated carbocycles. The van der Waals surface area contributed by atoms with Gasteiger partial charge in [0.1, 0.15) is 29.8 Å². The highest BCUT2D eigenvalue weighted by molar-refractivity contribution is 5.93. The number of hydrogen-bond acceptors (Lipinski definition) is 5. The Balaban J connectivity index is 0.000000281. The number of rotatable bonds is 3. The van der Waals surface area contributed by atoms with Gasteiger partial charge in [0.25, 0.3) is 0 Å². The molecule has 8 heteroatoms. The van der Waals surface area contributed by atoms with E-state index < -0.39 is 11.6 Å². The first-order valence-electron chi connectivity index (χ1n) is 8.13. The van der Waals surface area contributed by atoms with Crippen LogP contribution in [0.1, 0.15) is 12.7 Å². The summed E-state index contributed by atoms with van der Waals surface area (Å²) in [5.41, 5.74) is 2.52. The third-order valence-electron chi connectivity index (χ3n) is 3.41. The van der Waals surface area contributed by atoms with Gasteiger partial charge in [-0.15, -0.1) is 0 Å². The van der Waals surface area contributed by atoms with Crippen molar-refractivity contribution >= 4 is 24.1 Å². The SMILES string of the molecule is C=O.CC(=O)Nc1c(-c2ccccc2)noc1C.CNc1ccc(F)cc1F. The molecule has 2 N–H and O–H groups in total. The van der Waals surface area contributed by atoms with Gasteiger partial charge < -0.3 is 20.0 Å². The standard InChI is InChI=1S/C12H12N2O2.C7H7F2N.CH2O/c1-8-11(13-9(2)15)12(14-16-8)10-6-4-3-5-7-10;1-10-7-3-2-5(8)4-6(7)9;1-2/h3-7H,1-2H3,(H,13,15);2-4,10H,1H3;1H2. The molecule has 2 aromatic carbocycles. The topological polar surface area (TPSA) is 84.2 Å². The molecule has 1 amide bonds. The number of hydrogen-bond donors (Lipinski definition) is 2. The summed E-state index contributed by atoms with van der Waals surface area (Å²) in [5.74, 6) is -0.656. The smallest absolute Gasteiger partial charge is 0.221 e. The van der Waals surface area contributed by atoms with Crippen LogP contribution in [0.3, 0.4) is 0 Å². The Morgan fingerprint density at radius 2 is 1.75 bits per heavy atom. The van der Waals surface area contributed by atoms with E-state index in [-0.39, 0.29) is 5.91 Å². The van der Waals surface area contributed by atoms with Gasteiger partial charge in [-0.1, -0.05) is 35.5 Å². The minimum atomic E-state index is -0.567. The molecule has 1 aromatic heterocycles. The molecule has 148 valence electrons.